The smallest absolute Gasteiger partial charge is 0.287 e. The molecule has 0 bridgehead atoms. The van der Waals surface area contributed by atoms with Crippen LogP contribution in [-0.4, -0.2) is 22.7 Å². The molecule has 6 nitrogen and oxygen atoms in total. The summed E-state index contributed by atoms with van der Waals surface area (Å²) in [6.07, 6.45) is 2.13. The summed E-state index contributed by atoms with van der Waals surface area (Å²) < 4.78 is 0. The maximum atomic E-state index is 10.5. The first-order valence-electron chi connectivity index (χ1n) is 2.82. The predicted octanol–water partition coefficient (Wildman–Crippen LogP) is -0.705. The number of nitrogens with one attached hydrogen (secondary N) is 2. The summed E-state index contributed by atoms with van der Waals surface area (Å²) in [5.41, 5.74) is 0. The second-order valence-corrected chi connectivity index (χ2v) is 1.99. The Labute approximate surface area is 61.6 Å². The first-order chi connectivity index (χ1) is 5.11. The third kappa shape index (κ3) is 1.40. The molecule has 1 aliphatic rings. The lowest BCUT2D eigenvalue weighted by Crippen LogP contribution is -2.43. The van der Waals surface area contributed by atoms with Crippen molar-refractivity contribution in [2.24, 2.45) is 0 Å². The monoisotopic (exact) mass is 155 g/mol. The third-order valence-corrected chi connectivity index (χ3v) is 1.21. The zero-order chi connectivity index (χ0) is 8.43. The molecule has 0 aromatic heterocycles. The summed E-state index contributed by atoms with van der Waals surface area (Å²) >= 11 is 0. The molecule has 1 atom stereocenters. The standard InChI is InChI=1S/C5H5N3O3/c6-5-3(8(10)11)1-2-4(9)7-5/h1-3H,(H2,6,7,9). The number of hydrogen-bond acceptors (Lipinski definition) is 4. The van der Waals surface area contributed by atoms with Crippen LogP contribution in [0.15, 0.2) is 12.2 Å². The topological polar surface area (TPSA) is 96.1 Å². The Morgan fingerprint density at radius 1 is 1.73 bits per heavy atom. The molecule has 11 heavy (non-hydrogen) atoms. The average Bonchev–Trinajstić information content (AvgIpc) is 1.85. The van der Waals surface area contributed by atoms with Crippen LogP contribution in [-0.2, 0) is 4.79 Å². The summed E-state index contributed by atoms with van der Waals surface area (Å²) in [4.78, 5) is 20.0. The van der Waals surface area contributed by atoms with E-state index < -0.39 is 16.9 Å². The predicted molar refractivity (Wildman–Crippen MR) is 35.8 cm³/mol. The molecule has 1 unspecified atom stereocenters. The quantitative estimate of drug-likeness (QED) is 0.387. The first-order valence-corrected chi connectivity index (χ1v) is 2.82. The fraction of sp³-hybridized carbons (Fsp3) is 0.200. The van der Waals surface area contributed by atoms with Gasteiger partial charge in [0.05, 0.1) is 0 Å². The molecule has 1 rings (SSSR count). The molecule has 1 heterocycles. The van der Waals surface area contributed by atoms with Crippen molar-refractivity contribution in [3.63, 3.8) is 0 Å². The highest BCUT2D eigenvalue weighted by Gasteiger charge is 2.27. The molecular formula is C5H5N3O3. The van der Waals surface area contributed by atoms with Gasteiger partial charge >= 0.3 is 0 Å². The molecule has 6 heteroatoms. The van der Waals surface area contributed by atoms with Gasteiger partial charge in [-0.25, -0.2) is 0 Å². The highest BCUT2D eigenvalue weighted by Crippen LogP contribution is 1.98. The summed E-state index contributed by atoms with van der Waals surface area (Å²) in [6.45, 7) is 0. The van der Waals surface area contributed by atoms with Gasteiger partial charge in [-0.05, 0) is 0 Å². The molecule has 0 aromatic rings. The van der Waals surface area contributed by atoms with E-state index in [1.54, 1.807) is 0 Å². The maximum Gasteiger partial charge on any atom is 0.287 e. The van der Waals surface area contributed by atoms with E-state index in [1.807, 2.05) is 5.32 Å². The minimum Gasteiger partial charge on any atom is -0.305 e. The fourth-order valence-electron chi connectivity index (χ4n) is 0.699. The van der Waals surface area contributed by atoms with Crippen molar-refractivity contribution >= 4 is 11.7 Å². The van der Waals surface area contributed by atoms with Crippen molar-refractivity contribution in [3.8, 4) is 0 Å². The van der Waals surface area contributed by atoms with Crippen molar-refractivity contribution in [1.82, 2.24) is 5.32 Å². The Hall–Kier alpha value is -1.72. The number of amides is 1. The molecule has 0 fully saturated rings. The largest absolute Gasteiger partial charge is 0.305 e. The summed E-state index contributed by atoms with van der Waals surface area (Å²) in [5.74, 6) is -0.879. The van der Waals surface area contributed by atoms with Gasteiger partial charge in [-0.1, -0.05) is 0 Å². The van der Waals surface area contributed by atoms with Crippen LogP contribution in [0.3, 0.4) is 0 Å². The third-order valence-electron chi connectivity index (χ3n) is 1.21. The maximum absolute atomic E-state index is 10.5. The number of carbonyl (C=O) groups excluding carboxylic acids is 1. The number of nitrogens with zero attached hydrogens (tertiary/aromatic N) is 1. The highest BCUT2D eigenvalue weighted by molar-refractivity contribution is 6.07. The second-order valence-electron chi connectivity index (χ2n) is 1.99. The van der Waals surface area contributed by atoms with Crippen LogP contribution in [0.4, 0.5) is 0 Å². The summed E-state index contributed by atoms with van der Waals surface area (Å²) in [6, 6.07) is -1.20. The molecule has 58 valence electrons. The SMILES string of the molecule is N=C1NC(=O)C=CC1[N+](=O)[O-]. The van der Waals surface area contributed by atoms with Gasteiger partial charge in [-0.15, -0.1) is 0 Å². The van der Waals surface area contributed by atoms with Gasteiger partial charge in [0.25, 0.3) is 6.04 Å². The van der Waals surface area contributed by atoms with Crippen LogP contribution in [0.1, 0.15) is 0 Å². The van der Waals surface area contributed by atoms with Crippen LogP contribution in [0.2, 0.25) is 0 Å². The first kappa shape index (κ1) is 7.39. The molecule has 2 N–H and O–H groups in total. The average molecular weight is 155 g/mol. The molecule has 0 spiro atoms. The molecule has 0 saturated heterocycles. The van der Waals surface area contributed by atoms with Gasteiger partial charge in [0.2, 0.25) is 5.91 Å². The van der Waals surface area contributed by atoms with Gasteiger partial charge in [0.15, 0.2) is 5.84 Å². The Morgan fingerprint density at radius 3 is 2.82 bits per heavy atom. The van der Waals surface area contributed by atoms with Gasteiger partial charge in [-0.3, -0.25) is 20.3 Å². The van der Waals surface area contributed by atoms with Crippen molar-refractivity contribution in [3.05, 3.63) is 22.3 Å². The van der Waals surface area contributed by atoms with Gasteiger partial charge in [0, 0.05) is 17.1 Å². The molecule has 0 saturated carbocycles. The highest BCUT2D eigenvalue weighted by atomic mass is 16.6. The van der Waals surface area contributed by atoms with Crippen molar-refractivity contribution in [2.45, 2.75) is 6.04 Å². The molecule has 0 radical (unpaired) electrons. The van der Waals surface area contributed by atoms with Gasteiger partial charge in [-0.2, -0.15) is 0 Å². The minimum absolute atomic E-state index is 0.387. The normalized spacial score (nSPS) is 23.1. The number of amidine groups is 1. The minimum atomic E-state index is -1.20. The van der Waals surface area contributed by atoms with Gasteiger partial charge in [0.1, 0.15) is 0 Å². The number of carbonyl (C=O) groups is 1. The second kappa shape index (κ2) is 2.49. The summed E-state index contributed by atoms with van der Waals surface area (Å²) in [5, 5.41) is 19.1. The molecule has 0 aliphatic carbocycles. The molecule has 0 aromatic carbocycles. The van der Waals surface area contributed by atoms with E-state index in [2.05, 4.69) is 0 Å². The Kier molecular flexibility index (Phi) is 1.67. The van der Waals surface area contributed by atoms with Gasteiger partial charge < -0.3 is 5.32 Å². The Balaban J connectivity index is 2.85. The van der Waals surface area contributed by atoms with E-state index in [9.17, 15) is 14.9 Å². The lowest BCUT2D eigenvalue weighted by molar-refractivity contribution is -0.491. The number of nitro groups is 1. The summed E-state index contributed by atoms with van der Waals surface area (Å²) in [7, 11) is 0. The van der Waals surface area contributed by atoms with E-state index in [4.69, 9.17) is 5.41 Å². The van der Waals surface area contributed by atoms with E-state index in [0.29, 0.717) is 0 Å². The van der Waals surface area contributed by atoms with E-state index in [1.165, 1.54) is 0 Å². The van der Waals surface area contributed by atoms with Crippen LogP contribution in [0, 0.1) is 15.5 Å². The Bertz CT molecular complexity index is 258. The number of hydrogen-bond donors (Lipinski definition) is 2. The van der Waals surface area contributed by atoms with E-state index in [0.717, 1.165) is 12.2 Å². The van der Waals surface area contributed by atoms with Crippen LogP contribution in [0.5, 0.6) is 0 Å². The zero-order valence-corrected chi connectivity index (χ0v) is 5.40. The van der Waals surface area contributed by atoms with E-state index >= 15 is 0 Å². The molecule has 1 aliphatic heterocycles. The fourth-order valence-corrected chi connectivity index (χ4v) is 0.699. The zero-order valence-electron chi connectivity index (χ0n) is 5.40. The molecule has 1 amide bonds. The lowest BCUT2D eigenvalue weighted by Gasteiger charge is -2.10. The van der Waals surface area contributed by atoms with Crippen molar-refractivity contribution in [1.29, 1.82) is 5.41 Å². The van der Waals surface area contributed by atoms with Crippen LogP contribution < -0.4 is 5.32 Å². The van der Waals surface area contributed by atoms with Crippen LogP contribution >= 0.6 is 0 Å². The number of rotatable bonds is 1. The van der Waals surface area contributed by atoms with E-state index in [-0.39, 0.29) is 5.84 Å². The molecular weight excluding hydrogens is 150 g/mol. The van der Waals surface area contributed by atoms with Crippen molar-refractivity contribution < 1.29 is 9.72 Å². The van der Waals surface area contributed by atoms with Crippen molar-refractivity contribution in [2.75, 3.05) is 0 Å². The Morgan fingerprint density at radius 2 is 2.36 bits per heavy atom. The lowest BCUT2D eigenvalue weighted by atomic mass is 10.2. The van der Waals surface area contributed by atoms with Crippen LogP contribution in [0.25, 0.3) is 0 Å².